The van der Waals surface area contributed by atoms with Gasteiger partial charge in [-0.05, 0) is 49.2 Å². The fourth-order valence-corrected chi connectivity index (χ4v) is 2.58. The molecule has 0 aliphatic rings. The topological polar surface area (TPSA) is 55.1 Å². The standard InChI is InChI=1S/C16H18N2OS/c1-11-5-3-4-6-15(11)18-16(19)10-20-13-7-8-14(17)12(2)9-13/h3-9H,10,17H2,1-2H3,(H,18,19). The Morgan fingerprint density at radius 2 is 1.90 bits per heavy atom. The van der Waals surface area contributed by atoms with E-state index < -0.39 is 0 Å². The molecular weight excluding hydrogens is 268 g/mol. The molecule has 0 saturated carbocycles. The molecule has 2 aromatic rings. The Kier molecular flexibility index (Phi) is 4.69. The molecule has 0 bridgehead atoms. The minimum Gasteiger partial charge on any atom is -0.399 e. The zero-order chi connectivity index (χ0) is 14.5. The van der Waals surface area contributed by atoms with Crippen molar-refractivity contribution in [2.75, 3.05) is 16.8 Å². The first kappa shape index (κ1) is 14.5. The molecule has 0 spiro atoms. The largest absolute Gasteiger partial charge is 0.399 e. The lowest BCUT2D eigenvalue weighted by molar-refractivity contribution is -0.113. The number of hydrogen-bond acceptors (Lipinski definition) is 3. The molecule has 0 unspecified atom stereocenters. The average Bonchev–Trinajstić information content (AvgIpc) is 2.43. The maximum atomic E-state index is 11.9. The number of anilines is 2. The maximum absolute atomic E-state index is 11.9. The third-order valence-corrected chi connectivity index (χ3v) is 4.02. The van der Waals surface area contributed by atoms with Gasteiger partial charge in [0.2, 0.25) is 5.91 Å². The molecule has 0 heterocycles. The number of nitrogens with one attached hydrogen (secondary N) is 1. The number of nitrogens with two attached hydrogens (primary N) is 1. The molecule has 0 aliphatic carbocycles. The summed E-state index contributed by atoms with van der Waals surface area (Å²) in [6.07, 6.45) is 0. The van der Waals surface area contributed by atoms with Crippen LogP contribution in [-0.4, -0.2) is 11.7 Å². The number of nitrogen functional groups attached to an aromatic ring is 1. The van der Waals surface area contributed by atoms with Crippen molar-refractivity contribution in [1.29, 1.82) is 0 Å². The summed E-state index contributed by atoms with van der Waals surface area (Å²) in [5.41, 5.74) is 9.52. The van der Waals surface area contributed by atoms with E-state index in [1.807, 2.05) is 56.3 Å². The van der Waals surface area contributed by atoms with Crippen LogP contribution >= 0.6 is 11.8 Å². The minimum atomic E-state index is -0.00113. The molecule has 0 saturated heterocycles. The third-order valence-electron chi connectivity index (χ3n) is 3.03. The number of carbonyl (C=O) groups excluding carboxylic acids is 1. The molecule has 0 aromatic heterocycles. The lowest BCUT2D eigenvalue weighted by Crippen LogP contribution is -2.14. The van der Waals surface area contributed by atoms with Crippen LogP contribution in [0.2, 0.25) is 0 Å². The first-order valence-electron chi connectivity index (χ1n) is 6.40. The summed E-state index contributed by atoms with van der Waals surface area (Å²) in [6, 6.07) is 13.6. The molecular formula is C16H18N2OS. The molecule has 0 radical (unpaired) electrons. The molecule has 4 heteroatoms. The monoisotopic (exact) mass is 286 g/mol. The van der Waals surface area contributed by atoms with Gasteiger partial charge < -0.3 is 11.1 Å². The number of para-hydroxylation sites is 1. The smallest absolute Gasteiger partial charge is 0.234 e. The highest BCUT2D eigenvalue weighted by atomic mass is 32.2. The molecule has 2 aromatic carbocycles. The number of carbonyl (C=O) groups is 1. The number of rotatable bonds is 4. The quantitative estimate of drug-likeness (QED) is 0.667. The lowest BCUT2D eigenvalue weighted by atomic mass is 10.2. The van der Waals surface area contributed by atoms with Crippen molar-refractivity contribution in [2.45, 2.75) is 18.7 Å². The second-order valence-electron chi connectivity index (χ2n) is 4.67. The number of amides is 1. The highest BCUT2D eigenvalue weighted by Crippen LogP contribution is 2.23. The number of aryl methyl sites for hydroxylation is 2. The van der Waals surface area contributed by atoms with Gasteiger partial charge in [0, 0.05) is 16.3 Å². The Morgan fingerprint density at radius 3 is 2.60 bits per heavy atom. The van der Waals surface area contributed by atoms with E-state index in [0.29, 0.717) is 5.75 Å². The predicted octanol–water partition coefficient (Wildman–Crippen LogP) is 3.62. The second kappa shape index (κ2) is 6.48. The first-order chi connectivity index (χ1) is 9.56. The van der Waals surface area contributed by atoms with Crippen LogP contribution < -0.4 is 11.1 Å². The second-order valence-corrected chi connectivity index (χ2v) is 5.72. The van der Waals surface area contributed by atoms with Crippen molar-refractivity contribution >= 4 is 29.0 Å². The van der Waals surface area contributed by atoms with Crippen LogP contribution in [0.4, 0.5) is 11.4 Å². The summed E-state index contributed by atoms with van der Waals surface area (Å²) in [6.45, 7) is 3.94. The highest BCUT2D eigenvalue weighted by Gasteiger charge is 2.06. The van der Waals surface area contributed by atoms with Gasteiger partial charge in [0.05, 0.1) is 5.75 Å². The van der Waals surface area contributed by atoms with Gasteiger partial charge in [-0.2, -0.15) is 0 Å². The van der Waals surface area contributed by atoms with E-state index in [1.54, 1.807) is 0 Å². The fourth-order valence-electron chi connectivity index (χ4n) is 1.79. The molecule has 0 fully saturated rings. The van der Waals surface area contributed by atoms with E-state index in [9.17, 15) is 4.79 Å². The summed E-state index contributed by atoms with van der Waals surface area (Å²) in [4.78, 5) is 13.0. The Labute approximate surface area is 123 Å². The van der Waals surface area contributed by atoms with Gasteiger partial charge in [0.15, 0.2) is 0 Å². The van der Waals surface area contributed by atoms with Crippen molar-refractivity contribution in [3.63, 3.8) is 0 Å². The summed E-state index contributed by atoms with van der Waals surface area (Å²) < 4.78 is 0. The number of benzene rings is 2. The third kappa shape index (κ3) is 3.78. The summed E-state index contributed by atoms with van der Waals surface area (Å²) in [7, 11) is 0. The summed E-state index contributed by atoms with van der Waals surface area (Å²) >= 11 is 1.51. The number of thioether (sulfide) groups is 1. The predicted molar refractivity (Wildman–Crippen MR) is 86.1 cm³/mol. The van der Waals surface area contributed by atoms with Crippen molar-refractivity contribution in [2.24, 2.45) is 0 Å². The Balaban J connectivity index is 1.92. The van der Waals surface area contributed by atoms with Gasteiger partial charge in [-0.1, -0.05) is 18.2 Å². The van der Waals surface area contributed by atoms with Gasteiger partial charge >= 0.3 is 0 Å². The summed E-state index contributed by atoms with van der Waals surface area (Å²) in [5.74, 6) is 0.385. The van der Waals surface area contributed by atoms with E-state index in [1.165, 1.54) is 11.8 Å². The van der Waals surface area contributed by atoms with Crippen LogP contribution in [0.5, 0.6) is 0 Å². The van der Waals surface area contributed by atoms with Crippen molar-refractivity contribution in [1.82, 2.24) is 0 Å². The lowest BCUT2D eigenvalue weighted by Gasteiger charge is -2.08. The van der Waals surface area contributed by atoms with Gasteiger partial charge in [-0.3, -0.25) is 4.79 Å². The zero-order valence-electron chi connectivity index (χ0n) is 11.6. The Bertz CT molecular complexity index is 626. The van der Waals surface area contributed by atoms with Gasteiger partial charge in [-0.15, -0.1) is 11.8 Å². The first-order valence-corrected chi connectivity index (χ1v) is 7.39. The normalized spacial score (nSPS) is 10.3. The highest BCUT2D eigenvalue weighted by molar-refractivity contribution is 8.00. The van der Waals surface area contributed by atoms with Crippen molar-refractivity contribution in [3.8, 4) is 0 Å². The molecule has 0 aliphatic heterocycles. The van der Waals surface area contributed by atoms with E-state index in [-0.39, 0.29) is 5.91 Å². The van der Waals surface area contributed by atoms with Crippen LogP contribution in [0.15, 0.2) is 47.4 Å². The van der Waals surface area contributed by atoms with Crippen LogP contribution in [0.3, 0.4) is 0 Å². The van der Waals surface area contributed by atoms with Crippen LogP contribution in [0, 0.1) is 13.8 Å². The van der Waals surface area contributed by atoms with Gasteiger partial charge in [0.1, 0.15) is 0 Å². The minimum absolute atomic E-state index is 0.00113. The molecule has 0 atom stereocenters. The van der Waals surface area contributed by atoms with E-state index in [0.717, 1.165) is 27.4 Å². The van der Waals surface area contributed by atoms with E-state index >= 15 is 0 Å². The van der Waals surface area contributed by atoms with Crippen LogP contribution in [0.25, 0.3) is 0 Å². The SMILES string of the molecule is Cc1cc(SCC(=O)Nc2ccccc2C)ccc1N. The van der Waals surface area contributed by atoms with Crippen molar-refractivity contribution < 1.29 is 4.79 Å². The van der Waals surface area contributed by atoms with Gasteiger partial charge in [0.25, 0.3) is 0 Å². The van der Waals surface area contributed by atoms with Crippen molar-refractivity contribution in [3.05, 3.63) is 53.6 Å². The van der Waals surface area contributed by atoms with Gasteiger partial charge in [-0.25, -0.2) is 0 Å². The van der Waals surface area contributed by atoms with Crippen LogP contribution in [0.1, 0.15) is 11.1 Å². The zero-order valence-corrected chi connectivity index (χ0v) is 12.5. The van der Waals surface area contributed by atoms with E-state index in [4.69, 9.17) is 5.73 Å². The molecule has 20 heavy (non-hydrogen) atoms. The fraction of sp³-hybridized carbons (Fsp3) is 0.188. The Morgan fingerprint density at radius 1 is 1.15 bits per heavy atom. The molecule has 3 N–H and O–H groups in total. The van der Waals surface area contributed by atoms with Crippen LogP contribution in [-0.2, 0) is 4.79 Å². The Hall–Kier alpha value is -1.94. The molecule has 104 valence electrons. The summed E-state index contributed by atoms with van der Waals surface area (Å²) in [5, 5.41) is 2.92. The maximum Gasteiger partial charge on any atom is 0.234 e. The van der Waals surface area contributed by atoms with E-state index in [2.05, 4.69) is 5.32 Å². The molecule has 1 amide bonds. The molecule has 3 nitrogen and oxygen atoms in total. The molecule has 2 rings (SSSR count). The average molecular weight is 286 g/mol. The number of hydrogen-bond donors (Lipinski definition) is 2.